The van der Waals surface area contributed by atoms with E-state index >= 15 is 0 Å². The number of nitrogens with zero attached hydrogens (tertiary/aromatic N) is 2. The summed E-state index contributed by atoms with van der Waals surface area (Å²) < 4.78 is 30.2. The summed E-state index contributed by atoms with van der Waals surface area (Å²) in [6, 6.07) is 7.43. The molecule has 0 bridgehead atoms. The third-order valence-electron chi connectivity index (χ3n) is 4.64. The van der Waals surface area contributed by atoms with Crippen molar-refractivity contribution in [1.82, 2.24) is 9.78 Å². The largest absolute Gasteiger partial charge is 0.458 e. The molecule has 2 aromatic rings. The van der Waals surface area contributed by atoms with Gasteiger partial charge in [-0.15, -0.1) is 0 Å². The fourth-order valence-corrected chi connectivity index (χ4v) is 5.12. The van der Waals surface area contributed by atoms with Crippen LogP contribution in [0.3, 0.4) is 0 Å². The number of benzene rings is 1. The van der Waals surface area contributed by atoms with Gasteiger partial charge < -0.3 is 4.74 Å². The van der Waals surface area contributed by atoms with Crippen LogP contribution in [-0.2, 0) is 26.0 Å². The SMILES string of the molecule is Cc1ccccc1COC(=O)/C=C/c1c(C)nn([C@@H]2CCS(=O)(=O)C2)c1Cl. The molecule has 0 N–H and O–H groups in total. The number of ether oxygens (including phenoxy) is 1. The monoisotopic (exact) mass is 408 g/mol. The lowest BCUT2D eigenvalue weighted by molar-refractivity contribution is -0.138. The first-order chi connectivity index (χ1) is 12.8. The van der Waals surface area contributed by atoms with Gasteiger partial charge in [0, 0.05) is 11.6 Å². The number of hydrogen-bond donors (Lipinski definition) is 0. The van der Waals surface area contributed by atoms with Crippen molar-refractivity contribution >= 4 is 33.5 Å². The van der Waals surface area contributed by atoms with Gasteiger partial charge in [-0.1, -0.05) is 35.9 Å². The number of esters is 1. The van der Waals surface area contributed by atoms with Crippen LogP contribution >= 0.6 is 11.6 Å². The smallest absolute Gasteiger partial charge is 0.331 e. The third kappa shape index (κ3) is 4.59. The van der Waals surface area contributed by atoms with Gasteiger partial charge in [-0.05, 0) is 37.5 Å². The Hall–Kier alpha value is -2.12. The summed E-state index contributed by atoms with van der Waals surface area (Å²) in [5.74, 6) is -0.302. The molecule has 144 valence electrons. The van der Waals surface area contributed by atoms with E-state index in [2.05, 4.69) is 5.10 Å². The zero-order valence-electron chi connectivity index (χ0n) is 15.2. The first kappa shape index (κ1) is 19.6. The molecule has 0 amide bonds. The summed E-state index contributed by atoms with van der Waals surface area (Å²) in [6.07, 6.45) is 3.36. The Morgan fingerprint density at radius 1 is 1.37 bits per heavy atom. The first-order valence-corrected chi connectivity index (χ1v) is 10.8. The molecular weight excluding hydrogens is 388 g/mol. The van der Waals surface area contributed by atoms with Crippen molar-refractivity contribution in [2.24, 2.45) is 0 Å². The van der Waals surface area contributed by atoms with Crippen molar-refractivity contribution in [2.75, 3.05) is 11.5 Å². The van der Waals surface area contributed by atoms with Crippen LogP contribution < -0.4 is 0 Å². The molecular formula is C19H21ClN2O4S. The fourth-order valence-electron chi connectivity index (χ4n) is 3.05. The van der Waals surface area contributed by atoms with Crippen molar-refractivity contribution < 1.29 is 17.9 Å². The summed E-state index contributed by atoms with van der Waals surface area (Å²) in [5, 5.41) is 4.69. The molecule has 3 rings (SSSR count). The highest BCUT2D eigenvalue weighted by Crippen LogP contribution is 2.30. The minimum absolute atomic E-state index is 0.0372. The molecule has 1 aromatic heterocycles. The van der Waals surface area contributed by atoms with Crippen molar-refractivity contribution in [2.45, 2.75) is 32.9 Å². The van der Waals surface area contributed by atoms with Crippen LogP contribution in [0.25, 0.3) is 6.08 Å². The molecule has 8 heteroatoms. The standard InChI is InChI=1S/C19H21ClN2O4S/c1-13-5-3-4-6-15(13)11-26-18(23)8-7-17-14(2)21-22(19(17)20)16-9-10-27(24,25)12-16/h3-8,16H,9-12H2,1-2H3/b8-7+/t16-/m1/s1. The summed E-state index contributed by atoms with van der Waals surface area (Å²) in [6.45, 7) is 3.92. The number of aromatic nitrogens is 2. The van der Waals surface area contributed by atoms with E-state index in [1.807, 2.05) is 31.2 Å². The predicted octanol–water partition coefficient (Wildman–Crippen LogP) is 3.27. The quantitative estimate of drug-likeness (QED) is 0.560. The maximum atomic E-state index is 12.0. The van der Waals surface area contributed by atoms with Gasteiger partial charge in [0.05, 0.1) is 23.2 Å². The second-order valence-electron chi connectivity index (χ2n) is 6.66. The van der Waals surface area contributed by atoms with Crippen LogP contribution in [0.1, 0.15) is 34.8 Å². The van der Waals surface area contributed by atoms with E-state index in [9.17, 15) is 13.2 Å². The third-order valence-corrected chi connectivity index (χ3v) is 6.77. The van der Waals surface area contributed by atoms with E-state index < -0.39 is 15.8 Å². The number of carbonyl (C=O) groups excluding carboxylic acids is 1. The minimum Gasteiger partial charge on any atom is -0.458 e. The summed E-state index contributed by atoms with van der Waals surface area (Å²) in [5.41, 5.74) is 3.23. The molecule has 0 spiro atoms. The Morgan fingerprint density at radius 3 is 2.78 bits per heavy atom. The first-order valence-electron chi connectivity index (χ1n) is 8.61. The summed E-state index contributed by atoms with van der Waals surface area (Å²) >= 11 is 6.38. The van der Waals surface area contributed by atoms with Gasteiger partial charge in [-0.25, -0.2) is 17.9 Å². The summed E-state index contributed by atoms with van der Waals surface area (Å²) in [7, 11) is -3.04. The van der Waals surface area contributed by atoms with Gasteiger partial charge in [0.25, 0.3) is 0 Å². The van der Waals surface area contributed by atoms with Crippen LogP contribution in [0.4, 0.5) is 0 Å². The van der Waals surface area contributed by atoms with Crippen LogP contribution in [0.15, 0.2) is 30.3 Å². The fraction of sp³-hybridized carbons (Fsp3) is 0.368. The van der Waals surface area contributed by atoms with Gasteiger partial charge in [0.15, 0.2) is 9.84 Å². The van der Waals surface area contributed by atoms with Gasteiger partial charge in [-0.2, -0.15) is 5.10 Å². The Bertz CT molecular complexity index is 995. The molecule has 1 aromatic carbocycles. The highest BCUT2D eigenvalue weighted by atomic mass is 35.5. The maximum Gasteiger partial charge on any atom is 0.331 e. The molecule has 6 nitrogen and oxygen atoms in total. The maximum absolute atomic E-state index is 12.0. The number of carbonyl (C=O) groups is 1. The van der Waals surface area contributed by atoms with Gasteiger partial charge in [0.1, 0.15) is 11.8 Å². The van der Waals surface area contributed by atoms with E-state index in [-0.39, 0.29) is 24.2 Å². The molecule has 0 radical (unpaired) electrons. The van der Waals surface area contributed by atoms with Gasteiger partial charge in [0.2, 0.25) is 0 Å². The van der Waals surface area contributed by atoms with Crippen LogP contribution in [0.2, 0.25) is 5.15 Å². The number of rotatable bonds is 5. The molecule has 0 saturated carbocycles. The van der Waals surface area contributed by atoms with E-state index in [4.69, 9.17) is 16.3 Å². The molecule has 0 aliphatic carbocycles. The van der Waals surface area contributed by atoms with Crippen molar-refractivity contribution in [3.63, 3.8) is 0 Å². The second kappa shape index (κ2) is 7.86. The van der Waals surface area contributed by atoms with Crippen LogP contribution in [0, 0.1) is 13.8 Å². The molecule has 2 heterocycles. The highest BCUT2D eigenvalue weighted by molar-refractivity contribution is 7.91. The highest BCUT2D eigenvalue weighted by Gasteiger charge is 2.31. The molecule has 27 heavy (non-hydrogen) atoms. The lowest BCUT2D eigenvalue weighted by atomic mass is 10.1. The molecule has 1 saturated heterocycles. The molecule has 1 atom stereocenters. The van der Waals surface area contributed by atoms with Crippen LogP contribution in [-0.4, -0.2) is 35.7 Å². The number of hydrogen-bond acceptors (Lipinski definition) is 5. The minimum atomic E-state index is -3.04. The Labute approximate surface area is 163 Å². The molecule has 1 aliphatic heterocycles. The number of sulfone groups is 1. The topological polar surface area (TPSA) is 78.3 Å². The number of halogens is 1. The lowest BCUT2D eigenvalue weighted by Crippen LogP contribution is -2.12. The van der Waals surface area contributed by atoms with Crippen molar-refractivity contribution in [3.05, 3.63) is 57.9 Å². The average molecular weight is 409 g/mol. The zero-order valence-corrected chi connectivity index (χ0v) is 16.8. The summed E-state index contributed by atoms with van der Waals surface area (Å²) in [4.78, 5) is 12.0. The van der Waals surface area contributed by atoms with E-state index in [1.165, 1.54) is 6.08 Å². The van der Waals surface area contributed by atoms with Crippen molar-refractivity contribution in [3.8, 4) is 0 Å². The Balaban J connectivity index is 1.68. The van der Waals surface area contributed by atoms with E-state index in [1.54, 1.807) is 17.7 Å². The van der Waals surface area contributed by atoms with Gasteiger partial charge in [-0.3, -0.25) is 0 Å². The average Bonchev–Trinajstić information content (AvgIpc) is 3.11. The van der Waals surface area contributed by atoms with Gasteiger partial charge >= 0.3 is 5.97 Å². The number of aryl methyl sites for hydroxylation is 2. The normalized spacial score (nSPS) is 18.9. The Morgan fingerprint density at radius 2 is 2.11 bits per heavy atom. The zero-order chi connectivity index (χ0) is 19.6. The van der Waals surface area contributed by atoms with Crippen LogP contribution in [0.5, 0.6) is 0 Å². The molecule has 0 unspecified atom stereocenters. The Kier molecular flexibility index (Phi) is 5.72. The predicted molar refractivity (Wildman–Crippen MR) is 104 cm³/mol. The second-order valence-corrected chi connectivity index (χ2v) is 9.25. The molecule has 1 aliphatic rings. The van der Waals surface area contributed by atoms with E-state index in [0.717, 1.165) is 11.1 Å². The molecule has 1 fully saturated rings. The van der Waals surface area contributed by atoms with Crippen molar-refractivity contribution in [1.29, 1.82) is 0 Å². The van der Waals surface area contributed by atoms with E-state index in [0.29, 0.717) is 22.8 Å². The lowest BCUT2D eigenvalue weighted by Gasteiger charge is -2.09.